The maximum Gasteiger partial charge on any atom is 0.408 e. The quantitative estimate of drug-likeness (QED) is 0.301. The number of alkyl carbamates (subject to hydrolysis) is 1. The van der Waals surface area contributed by atoms with Crippen LogP contribution in [0.5, 0.6) is 0 Å². The zero-order valence-electron chi connectivity index (χ0n) is 18.3. The van der Waals surface area contributed by atoms with E-state index in [1.54, 1.807) is 59.8 Å². The number of carbonyl (C=O) groups is 1. The second-order valence-electron chi connectivity index (χ2n) is 7.52. The molecule has 1 N–H and O–H groups in total. The Hall–Kier alpha value is -2.22. The van der Waals surface area contributed by atoms with Crippen LogP contribution in [0.15, 0.2) is 35.7 Å². The number of ether oxygens (including phenoxy) is 1. The van der Waals surface area contributed by atoms with E-state index in [0.29, 0.717) is 11.7 Å². The average Bonchev–Trinajstić information content (AvgIpc) is 2.60. The van der Waals surface area contributed by atoms with Crippen molar-refractivity contribution in [3.8, 4) is 0 Å². The van der Waals surface area contributed by atoms with Crippen molar-refractivity contribution in [3.05, 3.63) is 51.3 Å². The van der Waals surface area contributed by atoms with Gasteiger partial charge in [0.1, 0.15) is 5.60 Å². The number of nitrogens with one attached hydrogen (secondary N) is 1. The number of benzene rings is 1. The summed E-state index contributed by atoms with van der Waals surface area (Å²) in [6, 6.07) is 5.39. The van der Waals surface area contributed by atoms with Crippen molar-refractivity contribution >= 4 is 19.4 Å². The van der Waals surface area contributed by atoms with Crippen LogP contribution in [-0.4, -0.2) is 35.9 Å². The zero-order valence-corrected chi connectivity index (χ0v) is 19.2. The number of hydrogen-bond acceptors (Lipinski definition) is 7. The molecule has 0 heterocycles. The lowest BCUT2D eigenvalue weighted by Gasteiger charge is -2.24. The molecule has 30 heavy (non-hydrogen) atoms. The number of nitrogens with zero attached hydrogens (tertiary/aromatic N) is 1. The van der Waals surface area contributed by atoms with Crippen LogP contribution in [-0.2, 0) is 24.8 Å². The summed E-state index contributed by atoms with van der Waals surface area (Å²) in [5.74, 6) is 0. The van der Waals surface area contributed by atoms with Crippen molar-refractivity contribution in [1.29, 1.82) is 0 Å². The van der Waals surface area contributed by atoms with E-state index in [9.17, 15) is 19.5 Å². The molecule has 1 aromatic carbocycles. The van der Waals surface area contributed by atoms with E-state index < -0.39 is 30.3 Å². The highest BCUT2D eigenvalue weighted by Gasteiger charge is 2.28. The Bertz CT molecular complexity index is 790. The van der Waals surface area contributed by atoms with Gasteiger partial charge in [-0.1, -0.05) is 18.2 Å². The fourth-order valence-electron chi connectivity index (χ4n) is 2.58. The predicted octanol–water partition coefficient (Wildman–Crippen LogP) is 5.20. The van der Waals surface area contributed by atoms with E-state index in [-0.39, 0.29) is 18.9 Å². The molecule has 10 heteroatoms. The SMILES string of the molecule is CCOP(=O)(OCC)/C(C)=C/[C@H](Cc1ccc([N+](=O)[O-])cc1)NC(=O)OC(C)(C)C. The number of nitro groups is 1. The van der Waals surface area contributed by atoms with Crippen LogP contribution >= 0.6 is 7.60 Å². The third-order valence-corrected chi connectivity index (χ3v) is 5.99. The van der Waals surface area contributed by atoms with Crippen LogP contribution in [0.25, 0.3) is 0 Å². The van der Waals surface area contributed by atoms with Gasteiger partial charge in [0.2, 0.25) is 0 Å². The number of hydrogen-bond donors (Lipinski definition) is 1. The summed E-state index contributed by atoms with van der Waals surface area (Å²) in [6.45, 7) is 10.7. The molecular weight excluding hydrogens is 411 g/mol. The van der Waals surface area contributed by atoms with E-state index in [1.165, 1.54) is 12.1 Å². The molecule has 0 saturated heterocycles. The molecule has 1 aromatic rings. The first-order valence-electron chi connectivity index (χ1n) is 9.71. The lowest BCUT2D eigenvalue weighted by Crippen LogP contribution is -2.39. The molecule has 1 atom stereocenters. The maximum atomic E-state index is 13.0. The molecule has 168 valence electrons. The van der Waals surface area contributed by atoms with Crippen molar-refractivity contribution in [2.75, 3.05) is 13.2 Å². The maximum absolute atomic E-state index is 13.0. The third kappa shape index (κ3) is 8.65. The van der Waals surface area contributed by atoms with Gasteiger partial charge >= 0.3 is 13.7 Å². The highest BCUT2D eigenvalue weighted by Crippen LogP contribution is 2.55. The van der Waals surface area contributed by atoms with Gasteiger partial charge in [0.25, 0.3) is 5.69 Å². The van der Waals surface area contributed by atoms with E-state index >= 15 is 0 Å². The van der Waals surface area contributed by atoms with Crippen LogP contribution in [0.2, 0.25) is 0 Å². The molecule has 0 aliphatic rings. The fraction of sp³-hybridized carbons (Fsp3) is 0.550. The van der Waals surface area contributed by atoms with Gasteiger partial charge in [-0.25, -0.2) is 4.79 Å². The second kappa shape index (κ2) is 11.2. The molecule has 0 radical (unpaired) electrons. The zero-order chi connectivity index (χ0) is 22.9. The van der Waals surface area contributed by atoms with E-state index in [4.69, 9.17) is 13.8 Å². The Labute approximate surface area is 177 Å². The van der Waals surface area contributed by atoms with E-state index in [0.717, 1.165) is 5.56 Å². The van der Waals surface area contributed by atoms with Gasteiger partial charge in [0.05, 0.1) is 24.2 Å². The predicted molar refractivity (Wildman–Crippen MR) is 115 cm³/mol. The highest BCUT2D eigenvalue weighted by molar-refractivity contribution is 7.58. The second-order valence-corrected chi connectivity index (χ2v) is 9.74. The van der Waals surface area contributed by atoms with E-state index in [2.05, 4.69) is 5.32 Å². The summed E-state index contributed by atoms with van der Waals surface area (Å²) in [5.41, 5.74) is 0.0276. The molecule has 0 aliphatic carbocycles. The molecule has 0 unspecified atom stereocenters. The number of nitro benzene ring substituents is 1. The summed E-state index contributed by atoms with van der Waals surface area (Å²) >= 11 is 0. The fourth-order valence-corrected chi connectivity index (χ4v) is 4.11. The molecule has 0 bridgehead atoms. The van der Waals surface area contributed by atoms with Crippen LogP contribution in [0.1, 0.15) is 47.1 Å². The molecule has 0 saturated carbocycles. The van der Waals surface area contributed by atoms with Crippen LogP contribution in [0.4, 0.5) is 10.5 Å². The highest BCUT2D eigenvalue weighted by atomic mass is 31.2. The first-order valence-corrected chi connectivity index (χ1v) is 11.3. The standard InChI is InChI=1S/C20H31N2O7P/c1-7-27-30(26,28-8-2)15(3)13-17(21-19(23)29-20(4,5)6)14-16-9-11-18(12-10-16)22(24)25/h9-13,17H,7-8,14H2,1-6H3,(H,21,23)/b15-13+/t17-/m1/s1. The van der Waals surface area contributed by atoms with Gasteiger partial charge in [0.15, 0.2) is 0 Å². The first-order chi connectivity index (χ1) is 13.9. The van der Waals surface area contributed by atoms with Gasteiger partial charge in [-0.15, -0.1) is 0 Å². The minimum atomic E-state index is -3.49. The van der Waals surface area contributed by atoms with Crippen LogP contribution in [0, 0.1) is 10.1 Å². The molecule has 0 aromatic heterocycles. The van der Waals surface area contributed by atoms with Crippen molar-refractivity contribution in [1.82, 2.24) is 5.32 Å². The molecule has 9 nitrogen and oxygen atoms in total. The van der Waals surface area contributed by atoms with Gasteiger partial charge in [-0.3, -0.25) is 14.7 Å². The number of allylic oxidation sites excluding steroid dienone is 1. The topological polar surface area (TPSA) is 117 Å². The first kappa shape index (κ1) is 25.8. The average molecular weight is 442 g/mol. The minimum Gasteiger partial charge on any atom is -0.444 e. The molecule has 0 spiro atoms. The van der Waals surface area contributed by atoms with Gasteiger partial charge in [-0.05, 0) is 53.5 Å². The summed E-state index contributed by atoms with van der Waals surface area (Å²) in [7, 11) is -3.49. The number of amides is 1. The summed E-state index contributed by atoms with van der Waals surface area (Å²) in [6.07, 6.45) is 1.27. The number of carbonyl (C=O) groups excluding carboxylic acids is 1. The van der Waals surface area contributed by atoms with Crippen LogP contribution in [0.3, 0.4) is 0 Å². The van der Waals surface area contributed by atoms with Gasteiger partial charge in [-0.2, -0.15) is 0 Å². The lowest BCUT2D eigenvalue weighted by molar-refractivity contribution is -0.384. The summed E-state index contributed by atoms with van der Waals surface area (Å²) < 4.78 is 29.0. The number of rotatable bonds is 10. The van der Waals surface area contributed by atoms with Gasteiger partial charge in [0, 0.05) is 17.4 Å². The van der Waals surface area contributed by atoms with Crippen molar-refractivity contribution in [2.45, 2.75) is 59.6 Å². The minimum absolute atomic E-state index is 0.0284. The Kier molecular flexibility index (Phi) is 9.68. The monoisotopic (exact) mass is 442 g/mol. The third-order valence-electron chi connectivity index (χ3n) is 3.78. The van der Waals surface area contributed by atoms with Crippen LogP contribution < -0.4 is 5.32 Å². The summed E-state index contributed by atoms with van der Waals surface area (Å²) in [4.78, 5) is 22.7. The van der Waals surface area contributed by atoms with Crippen molar-refractivity contribution < 1.29 is 28.1 Å². The van der Waals surface area contributed by atoms with Crippen molar-refractivity contribution in [2.24, 2.45) is 0 Å². The Morgan fingerprint density at radius 3 is 2.17 bits per heavy atom. The van der Waals surface area contributed by atoms with E-state index in [1.807, 2.05) is 0 Å². The largest absolute Gasteiger partial charge is 0.444 e. The molecule has 1 amide bonds. The Morgan fingerprint density at radius 1 is 1.20 bits per heavy atom. The molecule has 0 aliphatic heterocycles. The summed E-state index contributed by atoms with van der Waals surface area (Å²) in [5, 5.41) is 14.0. The van der Waals surface area contributed by atoms with Crippen molar-refractivity contribution in [3.63, 3.8) is 0 Å². The lowest BCUT2D eigenvalue weighted by atomic mass is 10.1. The molecule has 1 rings (SSSR count). The Morgan fingerprint density at radius 2 is 1.73 bits per heavy atom. The van der Waals surface area contributed by atoms with Gasteiger partial charge < -0.3 is 19.1 Å². The number of non-ortho nitro benzene ring substituents is 1. The molecule has 0 fully saturated rings. The smallest absolute Gasteiger partial charge is 0.408 e. The molecular formula is C20H31N2O7P. The normalized spacial score (nSPS) is 13.6. The Balaban J connectivity index is 3.16.